The van der Waals surface area contributed by atoms with Crippen molar-refractivity contribution in [3.05, 3.63) is 90.2 Å². The van der Waals surface area contributed by atoms with Gasteiger partial charge in [0.2, 0.25) is 11.8 Å². The molecule has 0 aliphatic heterocycles. The van der Waals surface area contributed by atoms with Crippen molar-refractivity contribution < 1.29 is 13.6 Å². The Labute approximate surface area is 166 Å². The van der Waals surface area contributed by atoms with Gasteiger partial charge in [-0.3, -0.25) is 0 Å². The van der Waals surface area contributed by atoms with E-state index in [1.165, 1.54) is 12.1 Å². The van der Waals surface area contributed by atoms with Crippen LogP contribution in [0.5, 0.6) is 0 Å². The number of carbonyl (C=O) groups is 1. The zero-order valence-corrected chi connectivity index (χ0v) is 15.3. The second-order valence-corrected chi connectivity index (χ2v) is 6.29. The van der Waals surface area contributed by atoms with Crippen LogP contribution in [0.15, 0.2) is 83.3 Å². The van der Waals surface area contributed by atoms with Gasteiger partial charge in [-0.15, -0.1) is 10.2 Å². The van der Waals surface area contributed by atoms with Crippen molar-refractivity contribution in [3.8, 4) is 22.9 Å². The smallest absolute Gasteiger partial charge is 0.319 e. The average molecular weight is 388 g/mol. The van der Waals surface area contributed by atoms with E-state index >= 15 is 0 Å². The minimum atomic E-state index is -0.373. The summed E-state index contributed by atoms with van der Waals surface area (Å²) in [7, 11) is 0. The average Bonchev–Trinajstić information content (AvgIpc) is 3.25. The summed E-state index contributed by atoms with van der Waals surface area (Å²) in [6.45, 7) is 0.288. The molecule has 1 aromatic heterocycles. The number of amides is 2. The molecule has 0 bridgehead atoms. The lowest BCUT2D eigenvalue weighted by Crippen LogP contribution is -2.28. The van der Waals surface area contributed by atoms with E-state index in [4.69, 9.17) is 4.42 Å². The largest absolute Gasteiger partial charge is 0.416 e. The van der Waals surface area contributed by atoms with E-state index in [2.05, 4.69) is 20.8 Å². The van der Waals surface area contributed by atoms with E-state index in [1.807, 2.05) is 36.4 Å². The van der Waals surface area contributed by atoms with Gasteiger partial charge in [-0.1, -0.05) is 36.4 Å². The summed E-state index contributed by atoms with van der Waals surface area (Å²) in [6, 6.07) is 22.2. The van der Waals surface area contributed by atoms with E-state index in [0.717, 1.165) is 11.1 Å². The van der Waals surface area contributed by atoms with Crippen LogP contribution >= 0.6 is 0 Å². The van der Waals surface area contributed by atoms with Gasteiger partial charge in [0.05, 0.1) is 0 Å². The Morgan fingerprint density at radius 1 is 0.862 bits per heavy atom. The monoisotopic (exact) mass is 388 g/mol. The number of benzene rings is 3. The van der Waals surface area contributed by atoms with Gasteiger partial charge in [0, 0.05) is 23.4 Å². The first kappa shape index (κ1) is 18.4. The van der Waals surface area contributed by atoms with E-state index in [-0.39, 0.29) is 18.4 Å². The molecule has 4 aromatic rings. The summed E-state index contributed by atoms with van der Waals surface area (Å²) in [5.41, 5.74) is 2.91. The number of hydrogen-bond donors (Lipinski definition) is 2. The number of urea groups is 1. The number of halogens is 1. The quantitative estimate of drug-likeness (QED) is 0.511. The molecule has 4 rings (SSSR count). The van der Waals surface area contributed by atoms with Gasteiger partial charge in [0.25, 0.3) is 0 Å². The van der Waals surface area contributed by atoms with Gasteiger partial charge in [-0.2, -0.15) is 0 Å². The predicted octanol–water partition coefficient (Wildman–Crippen LogP) is 4.86. The van der Waals surface area contributed by atoms with Crippen molar-refractivity contribution >= 4 is 11.7 Å². The van der Waals surface area contributed by atoms with Gasteiger partial charge in [0.1, 0.15) is 5.82 Å². The van der Waals surface area contributed by atoms with E-state index in [0.29, 0.717) is 23.0 Å². The van der Waals surface area contributed by atoms with Crippen LogP contribution in [0.3, 0.4) is 0 Å². The number of nitrogens with one attached hydrogen (secondary N) is 2. The van der Waals surface area contributed by atoms with Crippen LogP contribution in [0, 0.1) is 5.82 Å². The summed E-state index contributed by atoms with van der Waals surface area (Å²) in [5, 5.41) is 13.7. The van der Waals surface area contributed by atoms with Crippen LogP contribution in [-0.2, 0) is 6.54 Å². The Bertz CT molecular complexity index is 1110. The second-order valence-electron chi connectivity index (χ2n) is 6.29. The molecular weight excluding hydrogens is 371 g/mol. The first-order chi connectivity index (χ1) is 14.2. The molecule has 2 N–H and O–H groups in total. The Kier molecular flexibility index (Phi) is 5.29. The van der Waals surface area contributed by atoms with E-state index < -0.39 is 0 Å². The molecule has 0 spiro atoms. The molecule has 0 saturated heterocycles. The Morgan fingerprint density at radius 2 is 1.55 bits per heavy atom. The van der Waals surface area contributed by atoms with Crippen LogP contribution in [-0.4, -0.2) is 16.2 Å². The van der Waals surface area contributed by atoms with Crippen molar-refractivity contribution in [1.29, 1.82) is 0 Å². The molecule has 3 aromatic carbocycles. The molecule has 0 saturated carbocycles. The van der Waals surface area contributed by atoms with E-state index in [1.54, 1.807) is 30.3 Å². The van der Waals surface area contributed by atoms with Gasteiger partial charge >= 0.3 is 6.03 Å². The maximum absolute atomic E-state index is 12.9. The molecule has 2 amide bonds. The maximum Gasteiger partial charge on any atom is 0.319 e. The van der Waals surface area contributed by atoms with Crippen molar-refractivity contribution in [2.75, 3.05) is 5.32 Å². The second kappa shape index (κ2) is 8.35. The predicted molar refractivity (Wildman–Crippen MR) is 107 cm³/mol. The number of hydrogen-bond acceptors (Lipinski definition) is 4. The van der Waals surface area contributed by atoms with Crippen LogP contribution < -0.4 is 10.6 Å². The molecule has 0 fully saturated rings. The van der Waals surface area contributed by atoms with Gasteiger partial charge < -0.3 is 15.1 Å². The number of anilines is 1. The minimum Gasteiger partial charge on any atom is -0.416 e. The van der Waals surface area contributed by atoms with Crippen LogP contribution in [0.2, 0.25) is 0 Å². The van der Waals surface area contributed by atoms with Gasteiger partial charge in [0.15, 0.2) is 0 Å². The topological polar surface area (TPSA) is 80.0 Å². The first-order valence-electron chi connectivity index (χ1n) is 8.96. The fourth-order valence-electron chi connectivity index (χ4n) is 2.73. The summed E-state index contributed by atoms with van der Waals surface area (Å²) < 4.78 is 18.7. The lowest BCUT2D eigenvalue weighted by atomic mass is 10.2. The summed E-state index contributed by atoms with van der Waals surface area (Å²) in [6.07, 6.45) is 0. The maximum atomic E-state index is 12.9. The first-order valence-corrected chi connectivity index (χ1v) is 8.96. The highest BCUT2D eigenvalue weighted by molar-refractivity contribution is 5.89. The third-order valence-corrected chi connectivity index (χ3v) is 4.18. The SMILES string of the molecule is O=C(NCc1ccc(F)cc1)Nc1cccc(-c2nnc(-c3ccccc3)o2)c1. The molecular formula is C22H17FN4O2. The van der Waals surface area contributed by atoms with E-state index in [9.17, 15) is 9.18 Å². The van der Waals surface area contributed by atoms with Crippen molar-refractivity contribution in [1.82, 2.24) is 15.5 Å². The Balaban J connectivity index is 1.41. The molecule has 1 heterocycles. The highest BCUT2D eigenvalue weighted by atomic mass is 19.1. The number of aromatic nitrogens is 2. The Hall–Kier alpha value is -4.00. The highest BCUT2D eigenvalue weighted by Gasteiger charge is 2.11. The van der Waals surface area contributed by atoms with Crippen molar-refractivity contribution in [2.24, 2.45) is 0 Å². The van der Waals surface area contributed by atoms with Crippen LogP contribution in [0.1, 0.15) is 5.56 Å². The summed E-state index contributed by atoms with van der Waals surface area (Å²) in [4.78, 5) is 12.1. The molecule has 0 aliphatic rings. The van der Waals surface area contributed by atoms with Gasteiger partial charge in [-0.05, 0) is 48.0 Å². The third kappa shape index (κ3) is 4.65. The number of carbonyl (C=O) groups excluding carboxylic acids is 1. The lowest BCUT2D eigenvalue weighted by molar-refractivity contribution is 0.251. The minimum absolute atomic E-state index is 0.288. The fraction of sp³-hybridized carbons (Fsp3) is 0.0455. The number of rotatable bonds is 5. The third-order valence-electron chi connectivity index (χ3n) is 4.18. The Morgan fingerprint density at radius 3 is 2.31 bits per heavy atom. The molecule has 6 nitrogen and oxygen atoms in total. The van der Waals surface area contributed by atoms with Crippen molar-refractivity contribution in [3.63, 3.8) is 0 Å². The normalized spacial score (nSPS) is 10.5. The zero-order valence-electron chi connectivity index (χ0n) is 15.3. The highest BCUT2D eigenvalue weighted by Crippen LogP contribution is 2.25. The summed E-state index contributed by atoms with van der Waals surface area (Å²) in [5.74, 6) is 0.474. The molecule has 0 atom stereocenters. The molecule has 0 aliphatic carbocycles. The summed E-state index contributed by atoms with van der Waals surface area (Å²) >= 11 is 0. The molecule has 0 radical (unpaired) electrons. The fourth-order valence-corrected chi connectivity index (χ4v) is 2.73. The van der Waals surface area contributed by atoms with Crippen molar-refractivity contribution in [2.45, 2.75) is 6.54 Å². The number of nitrogens with zero attached hydrogens (tertiary/aromatic N) is 2. The zero-order chi connectivity index (χ0) is 20.1. The molecule has 144 valence electrons. The van der Waals surface area contributed by atoms with Crippen LogP contribution in [0.25, 0.3) is 22.9 Å². The van der Waals surface area contributed by atoms with Gasteiger partial charge in [-0.25, -0.2) is 9.18 Å². The standard InChI is InChI=1S/C22H17FN4O2/c23-18-11-9-15(10-12-18)14-24-22(28)25-19-8-4-7-17(13-19)21-27-26-20(29-21)16-5-2-1-3-6-16/h1-13H,14H2,(H2,24,25,28). The van der Waals surface area contributed by atoms with Crippen LogP contribution in [0.4, 0.5) is 14.9 Å². The molecule has 7 heteroatoms. The molecule has 29 heavy (non-hydrogen) atoms. The lowest BCUT2D eigenvalue weighted by Gasteiger charge is -2.08. The molecule has 0 unspecified atom stereocenters.